The lowest BCUT2D eigenvalue weighted by molar-refractivity contribution is -0.127. The maximum atomic E-state index is 12.8. The number of piperazine rings is 1. The molecule has 3 aromatic rings. The van der Waals surface area contributed by atoms with Crippen LogP contribution in [0.2, 0.25) is 0 Å². The lowest BCUT2D eigenvalue weighted by Crippen LogP contribution is -2.58. The van der Waals surface area contributed by atoms with Crippen molar-refractivity contribution >= 4 is 40.2 Å². The summed E-state index contributed by atoms with van der Waals surface area (Å²) in [7, 11) is 3.97. The third kappa shape index (κ3) is 7.25. The molecule has 47 heavy (non-hydrogen) atoms. The van der Waals surface area contributed by atoms with E-state index >= 15 is 0 Å². The van der Waals surface area contributed by atoms with E-state index in [2.05, 4.69) is 64.3 Å². The fourth-order valence-corrected chi connectivity index (χ4v) is 5.93. The van der Waals surface area contributed by atoms with Gasteiger partial charge in [0.1, 0.15) is 30.3 Å². The van der Waals surface area contributed by atoms with Crippen molar-refractivity contribution in [3.05, 3.63) is 78.5 Å². The molecule has 0 radical (unpaired) electrons. The van der Waals surface area contributed by atoms with Gasteiger partial charge in [0.2, 0.25) is 5.91 Å². The Labute approximate surface area is 276 Å². The Kier molecular flexibility index (Phi) is 9.44. The molecular formula is C36H44N8O3. The minimum Gasteiger partial charge on any atom is -0.488 e. The molecule has 0 spiro atoms. The van der Waals surface area contributed by atoms with Gasteiger partial charge < -0.3 is 29.5 Å². The molecule has 3 aliphatic rings. The van der Waals surface area contributed by atoms with Crippen LogP contribution < -0.4 is 19.7 Å². The van der Waals surface area contributed by atoms with Gasteiger partial charge in [-0.3, -0.25) is 9.80 Å². The normalized spacial score (nSPS) is 19.4. The second-order valence-corrected chi connectivity index (χ2v) is 12.9. The van der Waals surface area contributed by atoms with Gasteiger partial charge in [0.05, 0.1) is 28.7 Å². The summed E-state index contributed by atoms with van der Waals surface area (Å²) in [5.74, 6) is 3.43. The average Bonchev–Trinajstić information content (AvgIpc) is 3.04. The number of ether oxygens (including phenoxy) is 2. The summed E-state index contributed by atoms with van der Waals surface area (Å²) in [6.07, 6.45) is 13.0. The third-order valence-electron chi connectivity index (χ3n) is 8.37. The highest BCUT2D eigenvalue weighted by molar-refractivity contribution is 6.00. The van der Waals surface area contributed by atoms with E-state index < -0.39 is 0 Å². The Morgan fingerprint density at radius 2 is 2.06 bits per heavy atom. The zero-order valence-corrected chi connectivity index (χ0v) is 28.1. The Hall–Kier alpha value is -4.90. The molecule has 2 unspecified atom stereocenters. The Morgan fingerprint density at radius 1 is 1.21 bits per heavy atom. The molecule has 3 aliphatic heterocycles. The SMILES string of the molecule is Cc1cc(Nc2ncnc3ccc4c(c23)OCC2CN(C(=O)/C=C/CN(C)C)CCN42)ccc1OC1=CC(C)N(/N=C\C(C)C)C=C1. The van der Waals surface area contributed by atoms with Crippen molar-refractivity contribution in [1.82, 2.24) is 24.8 Å². The summed E-state index contributed by atoms with van der Waals surface area (Å²) in [6.45, 7) is 11.5. The minimum absolute atomic E-state index is 0.0439. The molecule has 0 saturated carbocycles. The molecule has 2 aromatic carbocycles. The van der Waals surface area contributed by atoms with Gasteiger partial charge in [-0.2, -0.15) is 5.10 Å². The van der Waals surface area contributed by atoms with Crippen LogP contribution in [0.5, 0.6) is 11.5 Å². The number of likely N-dealkylation sites (N-methyl/N-ethyl adjacent to an activating group) is 1. The van der Waals surface area contributed by atoms with Crippen LogP contribution in [0.25, 0.3) is 10.9 Å². The second kappa shape index (κ2) is 13.8. The zero-order valence-electron chi connectivity index (χ0n) is 28.1. The molecule has 6 rings (SSSR count). The fraction of sp³-hybridized carbons (Fsp3) is 0.389. The number of carbonyl (C=O) groups excluding carboxylic acids is 1. The lowest BCUT2D eigenvalue weighted by atomic mass is 10.1. The summed E-state index contributed by atoms with van der Waals surface area (Å²) in [5, 5.41) is 10.8. The number of nitrogens with one attached hydrogen (secondary N) is 1. The van der Waals surface area contributed by atoms with Gasteiger partial charge in [-0.25, -0.2) is 9.97 Å². The van der Waals surface area contributed by atoms with Crippen molar-refractivity contribution in [2.75, 3.05) is 57.1 Å². The van der Waals surface area contributed by atoms with Gasteiger partial charge in [0, 0.05) is 50.4 Å². The van der Waals surface area contributed by atoms with Crippen LogP contribution in [0.15, 0.2) is 78.0 Å². The van der Waals surface area contributed by atoms with Crippen molar-refractivity contribution in [3.63, 3.8) is 0 Å². The van der Waals surface area contributed by atoms with Crippen LogP contribution in [0.1, 0.15) is 26.3 Å². The second-order valence-electron chi connectivity index (χ2n) is 12.9. The van der Waals surface area contributed by atoms with Gasteiger partial charge in [0.15, 0.2) is 5.75 Å². The summed E-state index contributed by atoms with van der Waals surface area (Å²) in [5.41, 5.74) is 3.67. The molecule has 0 aliphatic carbocycles. The number of benzene rings is 2. The van der Waals surface area contributed by atoms with E-state index in [1.165, 1.54) is 0 Å². The molecule has 1 fully saturated rings. The van der Waals surface area contributed by atoms with Gasteiger partial charge in [-0.05, 0) is 81.9 Å². The number of carbonyl (C=O) groups is 1. The number of fused-ring (bicyclic) bond motifs is 5. The zero-order chi connectivity index (χ0) is 33.1. The molecule has 1 amide bonds. The van der Waals surface area contributed by atoms with Crippen molar-refractivity contribution in [2.24, 2.45) is 11.0 Å². The first-order valence-electron chi connectivity index (χ1n) is 16.2. The first kappa shape index (κ1) is 32.1. The molecule has 1 aromatic heterocycles. The van der Waals surface area contributed by atoms with E-state index in [1.807, 2.05) is 78.6 Å². The number of aryl methyl sites for hydroxylation is 1. The number of nitrogens with zero attached hydrogens (tertiary/aromatic N) is 7. The molecule has 1 saturated heterocycles. The summed E-state index contributed by atoms with van der Waals surface area (Å²) >= 11 is 0. The fourth-order valence-electron chi connectivity index (χ4n) is 5.93. The monoisotopic (exact) mass is 636 g/mol. The first-order valence-corrected chi connectivity index (χ1v) is 16.2. The van der Waals surface area contributed by atoms with Gasteiger partial charge >= 0.3 is 0 Å². The molecule has 4 heterocycles. The average molecular weight is 637 g/mol. The van der Waals surface area contributed by atoms with Crippen molar-refractivity contribution < 1.29 is 14.3 Å². The largest absolute Gasteiger partial charge is 0.488 e. The van der Waals surface area contributed by atoms with Gasteiger partial charge in [0.25, 0.3) is 0 Å². The standard InChI is InChI=1S/C36H44N8O3/c1-24(2)20-39-44-15-13-29(19-26(44)4)47-32-12-9-27(18-25(32)3)40-36-34-30(37-23-38-36)10-11-31-35(34)46-22-28-21-42(16-17-43(28)31)33(45)8-7-14-41(5)6/h7-13,15,18-20,23-24,26,28H,14,16-17,21-22H2,1-6H3,(H,37,38,40)/b8-7+,39-20-. The van der Waals surface area contributed by atoms with E-state index in [-0.39, 0.29) is 18.0 Å². The van der Waals surface area contributed by atoms with Gasteiger partial charge in [-0.1, -0.05) is 19.9 Å². The van der Waals surface area contributed by atoms with E-state index in [4.69, 9.17) is 9.47 Å². The molecular weight excluding hydrogens is 592 g/mol. The highest BCUT2D eigenvalue weighted by Crippen LogP contribution is 2.43. The molecule has 246 valence electrons. The number of rotatable bonds is 9. The molecule has 1 N–H and O–H groups in total. The number of amides is 1. The molecule has 11 nitrogen and oxygen atoms in total. The Bertz CT molecular complexity index is 1750. The van der Waals surface area contributed by atoms with E-state index in [9.17, 15) is 4.79 Å². The number of hydrogen-bond acceptors (Lipinski definition) is 10. The predicted octanol–water partition coefficient (Wildman–Crippen LogP) is 5.33. The van der Waals surface area contributed by atoms with Crippen LogP contribution in [0, 0.1) is 12.8 Å². The highest BCUT2D eigenvalue weighted by atomic mass is 16.5. The number of hydrogen-bond donors (Lipinski definition) is 1. The van der Waals surface area contributed by atoms with Crippen LogP contribution in [0.3, 0.4) is 0 Å². The third-order valence-corrected chi connectivity index (χ3v) is 8.37. The number of hydrazone groups is 1. The smallest absolute Gasteiger partial charge is 0.246 e. The van der Waals surface area contributed by atoms with Crippen LogP contribution >= 0.6 is 0 Å². The predicted molar refractivity (Wildman–Crippen MR) is 187 cm³/mol. The molecule has 2 atom stereocenters. The van der Waals surface area contributed by atoms with E-state index in [1.54, 1.807) is 12.4 Å². The van der Waals surface area contributed by atoms with Crippen molar-refractivity contribution in [1.29, 1.82) is 0 Å². The topological polar surface area (TPSA) is 98.7 Å². The number of aromatic nitrogens is 2. The summed E-state index contributed by atoms with van der Waals surface area (Å²) in [4.78, 5) is 28.3. The highest BCUT2D eigenvalue weighted by Gasteiger charge is 2.35. The molecule has 0 bridgehead atoms. The van der Waals surface area contributed by atoms with Crippen LogP contribution in [-0.4, -0.2) is 95.9 Å². The first-order chi connectivity index (χ1) is 22.7. The Balaban J connectivity index is 1.17. The van der Waals surface area contributed by atoms with Crippen molar-refractivity contribution in [2.45, 2.75) is 39.8 Å². The molecule has 11 heteroatoms. The van der Waals surface area contributed by atoms with Crippen molar-refractivity contribution in [3.8, 4) is 11.5 Å². The lowest BCUT2D eigenvalue weighted by Gasteiger charge is -2.45. The van der Waals surface area contributed by atoms with E-state index in [0.717, 1.165) is 58.2 Å². The van der Waals surface area contributed by atoms with Crippen LogP contribution in [-0.2, 0) is 4.79 Å². The maximum absolute atomic E-state index is 12.8. The minimum atomic E-state index is 0.0439. The van der Waals surface area contributed by atoms with Gasteiger partial charge in [-0.15, -0.1) is 0 Å². The maximum Gasteiger partial charge on any atom is 0.246 e. The summed E-state index contributed by atoms with van der Waals surface area (Å²) < 4.78 is 12.7. The number of anilines is 3. The summed E-state index contributed by atoms with van der Waals surface area (Å²) in [6, 6.07) is 10.2. The quantitative estimate of drug-likeness (QED) is 0.247. The van der Waals surface area contributed by atoms with E-state index in [0.29, 0.717) is 31.4 Å². The number of allylic oxidation sites excluding steroid dienone is 1. The van der Waals surface area contributed by atoms with Crippen LogP contribution in [0.4, 0.5) is 17.2 Å². The Morgan fingerprint density at radius 3 is 2.83 bits per heavy atom.